The second kappa shape index (κ2) is 12.9. The van der Waals surface area contributed by atoms with E-state index >= 15 is 0 Å². The van der Waals surface area contributed by atoms with Gasteiger partial charge in [-0.15, -0.1) is 0 Å². The molecule has 8 heteroatoms. The van der Waals surface area contributed by atoms with Gasteiger partial charge in [-0.1, -0.05) is 72.9 Å². The van der Waals surface area contributed by atoms with Crippen molar-refractivity contribution in [3.8, 4) is 0 Å². The van der Waals surface area contributed by atoms with Crippen LogP contribution >= 0.6 is 23.2 Å². The molecule has 0 aromatic heterocycles. The molecule has 0 aliphatic heterocycles. The van der Waals surface area contributed by atoms with Gasteiger partial charge < -0.3 is 15.4 Å². The SMILES string of the molecule is CCCC(CNC(=O)COC(=O)C(=Cc1ccccc1)NC(C)=O)c1ccc(Cl)cc1Cl. The normalized spacial score (nSPS) is 12.1. The van der Waals surface area contributed by atoms with Gasteiger partial charge in [-0.25, -0.2) is 4.79 Å². The van der Waals surface area contributed by atoms with Crippen LogP contribution in [0.2, 0.25) is 10.0 Å². The van der Waals surface area contributed by atoms with Gasteiger partial charge in [0.1, 0.15) is 5.70 Å². The van der Waals surface area contributed by atoms with Crippen molar-refractivity contribution in [1.82, 2.24) is 10.6 Å². The maximum atomic E-state index is 12.4. The van der Waals surface area contributed by atoms with Crippen LogP contribution in [0.15, 0.2) is 54.2 Å². The minimum absolute atomic E-state index is 0.00247. The average Bonchev–Trinajstić information content (AvgIpc) is 2.75. The maximum absolute atomic E-state index is 12.4. The van der Waals surface area contributed by atoms with Crippen LogP contribution in [0.1, 0.15) is 43.7 Å². The minimum Gasteiger partial charge on any atom is -0.451 e. The first-order valence-corrected chi connectivity index (χ1v) is 11.0. The fourth-order valence-corrected chi connectivity index (χ4v) is 3.66. The Morgan fingerprint density at radius 2 is 1.81 bits per heavy atom. The van der Waals surface area contributed by atoms with Crippen molar-refractivity contribution in [3.05, 3.63) is 75.4 Å². The summed E-state index contributed by atoms with van der Waals surface area (Å²) >= 11 is 12.3. The maximum Gasteiger partial charge on any atom is 0.355 e. The molecule has 0 aliphatic carbocycles. The lowest BCUT2D eigenvalue weighted by Gasteiger charge is -2.19. The molecule has 32 heavy (non-hydrogen) atoms. The number of ether oxygens (including phenoxy) is 1. The van der Waals surface area contributed by atoms with Crippen LogP contribution in [0.4, 0.5) is 0 Å². The Kier molecular flexibility index (Phi) is 10.2. The van der Waals surface area contributed by atoms with Gasteiger partial charge in [0.2, 0.25) is 5.91 Å². The molecule has 0 saturated heterocycles. The zero-order valence-corrected chi connectivity index (χ0v) is 19.5. The number of halogens is 2. The molecule has 1 unspecified atom stereocenters. The molecule has 2 rings (SSSR count). The number of carbonyl (C=O) groups excluding carboxylic acids is 3. The summed E-state index contributed by atoms with van der Waals surface area (Å²) in [4.78, 5) is 36.1. The number of esters is 1. The fourth-order valence-electron chi connectivity index (χ4n) is 3.10. The van der Waals surface area contributed by atoms with Gasteiger partial charge in [0, 0.05) is 29.4 Å². The summed E-state index contributed by atoms with van der Waals surface area (Å²) in [5, 5.41) is 6.31. The molecular weight excluding hydrogens is 451 g/mol. The standard InChI is InChI=1S/C24H26Cl2N2O4/c1-3-7-18(20-11-10-19(25)13-21(20)26)14-27-23(30)15-32-24(31)22(28-16(2)29)12-17-8-5-4-6-9-17/h4-6,8-13,18H,3,7,14-15H2,1-2H3,(H,27,30)(H,28,29). The lowest BCUT2D eigenvalue weighted by atomic mass is 9.94. The van der Waals surface area contributed by atoms with Crippen LogP contribution in [0.5, 0.6) is 0 Å². The molecule has 0 saturated carbocycles. The first-order valence-electron chi connectivity index (χ1n) is 10.2. The number of carbonyl (C=O) groups is 3. The molecule has 0 spiro atoms. The van der Waals surface area contributed by atoms with Crippen LogP contribution in [0.25, 0.3) is 6.08 Å². The van der Waals surface area contributed by atoms with Gasteiger partial charge in [0.05, 0.1) is 0 Å². The highest BCUT2D eigenvalue weighted by atomic mass is 35.5. The Morgan fingerprint density at radius 1 is 1.09 bits per heavy atom. The number of hydrogen-bond acceptors (Lipinski definition) is 4. The summed E-state index contributed by atoms with van der Waals surface area (Å²) < 4.78 is 5.10. The molecule has 0 aliphatic rings. The molecule has 0 bridgehead atoms. The van der Waals surface area contributed by atoms with Crippen molar-refractivity contribution < 1.29 is 19.1 Å². The van der Waals surface area contributed by atoms with Crippen molar-refractivity contribution in [1.29, 1.82) is 0 Å². The quantitative estimate of drug-likeness (QED) is 0.383. The highest BCUT2D eigenvalue weighted by Crippen LogP contribution is 2.30. The summed E-state index contributed by atoms with van der Waals surface area (Å²) in [7, 11) is 0. The molecule has 2 aromatic carbocycles. The smallest absolute Gasteiger partial charge is 0.355 e. The molecule has 0 radical (unpaired) electrons. The van der Waals surface area contributed by atoms with Crippen molar-refractivity contribution in [2.24, 2.45) is 0 Å². The zero-order valence-electron chi connectivity index (χ0n) is 18.0. The number of benzene rings is 2. The van der Waals surface area contributed by atoms with E-state index in [0.717, 1.165) is 18.4 Å². The third-order valence-corrected chi connectivity index (χ3v) is 5.12. The third-order valence-electron chi connectivity index (χ3n) is 4.56. The van der Waals surface area contributed by atoms with Gasteiger partial charge in [0.15, 0.2) is 6.61 Å². The second-order valence-electron chi connectivity index (χ2n) is 7.18. The van der Waals surface area contributed by atoms with E-state index in [0.29, 0.717) is 22.2 Å². The van der Waals surface area contributed by atoms with E-state index in [2.05, 4.69) is 10.6 Å². The van der Waals surface area contributed by atoms with Gasteiger partial charge >= 0.3 is 5.97 Å². The number of amides is 2. The first kappa shape index (κ1) is 25.4. The molecular formula is C24H26Cl2N2O4. The molecule has 0 fully saturated rings. The Labute approximate surface area is 197 Å². The summed E-state index contributed by atoms with van der Waals surface area (Å²) in [6.45, 7) is 3.19. The second-order valence-corrected chi connectivity index (χ2v) is 8.03. The molecule has 6 nitrogen and oxygen atoms in total. The molecule has 2 aromatic rings. The van der Waals surface area contributed by atoms with Gasteiger partial charge in [-0.2, -0.15) is 0 Å². The zero-order chi connectivity index (χ0) is 23.5. The van der Waals surface area contributed by atoms with Crippen LogP contribution < -0.4 is 10.6 Å². The lowest BCUT2D eigenvalue weighted by Crippen LogP contribution is -2.34. The van der Waals surface area contributed by atoms with Crippen LogP contribution in [0.3, 0.4) is 0 Å². The van der Waals surface area contributed by atoms with E-state index in [-0.39, 0.29) is 11.6 Å². The first-order chi connectivity index (χ1) is 15.3. The van der Waals surface area contributed by atoms with Crippen molar-refractivity contribution in [2.45, 2.75) is 32.6 Å². The van der Waals surface area contributed by atoms with Crippen molar-refractivity contribution in [2.75, 3.05) is 13.2 Å². The minimum atomic E-state index is -0.801. The predicted octanol–water partition coefficient (Wildman–Crippen LogP) is 4.71. The fraction of sp³-hybridized carbons (Fsp3) is 0.292. The van der Waals surface area contributed by atoms with Crippen LogP contribution in [-0.4, -0.2) is 30.9 Å². The van der Waals surface area contributed by atoms with E-state index < -0.39 is 24.4 Å². The molecule has 1 atom stereocenters. The van der Waals surface area contributed by atoms with Gasteiger partial charge in [-0.3, -0.25) is 9.59 Å². The lowest BCUT2D eigenvalue weighted by molar-refractivity contribution is -0.145. The Bertz CT molecular complexity index is 977. The number of nitrogens with one attached hydrogen (secondary N) is 2. The molecule has 0 heterocycles. The third kappa shape index (κ3) is 8.36. The highest BCUT2D eigenvalue weighted by molar-refractivity contribution is 6.35. The van der Waals surface area contributed by atoms with Crippen molar-refractivity contribution >= 4 is 47.1 Å². The largest absolute Gasteiger partial charge is 0.451 e. The number of hydrogen-bond donors (Lipinski definition) is 2. The summed E-state index contributed by atoms with van der Waals surface area (Å²) in [5.74, 6) is -1.68. The Balaban J connectivity index is 1.96. The topological polar surface area (TPSA) is 84.5 Å². The molecule has 2 amide bonds. The highest BCUT2D eigenvalue weighted by Gasteiger charge is 2.18. The molecule has 2 N–H and O–H groups in total. The monoisotopic (exact) mass is 476 g/mol. The van der Waals surface area contributed by atoms with Gasteiger partial charge in [-0.05, 0) is 35.8 Å². The summed E-state index contributed by atoms with van der Waals surface area (Å²) in [6, 6.07) is 14.3. The van der Waals surface area contributed by atoms with E-state index in [4.69, 9.17) is 27.9 Å². The van der Waals surface area contributed by atoms with Crippen LogP contribution in [-0.2, 0) is 19.1 Å². The average molecular weight is 477 g/mol. The predicted molar refractivity (Wildman–Crippen MR) is 126 cm³/mol. The van der Waals surface area contributed by atoms with E-state index in [1.807, 2.05) is 19.1 Å². The van der Waals surface area contributed by atoms with E-state index in [9.17, 15) is 14.4 Å². The van der Waals surface area contributed by atoms with Gasteiger partial charge in [0.25, 0.3) is 5.91 Å². The van der Waals surface area contributed by atoms with E-state index in [1.165, 1.54) is 13.0 Å². The van der Waals surface area contributed by atoms with Crippen molar-refractivity contribution in [3.63, 3.8) is 0 Å². The van der Waals surface area contributed by atoms with Crippen LogP contribution in [0, 0.1) is 0 Å². The molecule has 170 valence electrons. The summed E-state index contributed by atoms with van der Waals surface area (Å²) in [6.07, 6.45) is 3.20. The summed E-state index contributed by atoms with van der Waals surface area (Å²) in [5.41, 5.74) is 1.56. The Hall–Kier alpha value is -2.83. The Morgan fingerprint density at radius 3 is 2.44 bits per heavy atom. The van der Waals surface area contributed by atoms with E-state index in [1.54, 1.807) is 36.4 Å². The number of rotatable bonds is 10.